The van der Waals surface area contributed by atoms with E-state index in [2.05, 4.69) is 25.2 Å². The molecule has 1 aromatic carbocycles. The Balaban J connectivity index is 2.78. The number of esters is 1. The number of para-hydroxylation sites is 1. The van der Waals surface area contributed by atoms with Crippen molar-refractivity contribution in [3.8, 4) is 0 Å². The lowest BCUT2D eigenvalue weighted by Gasteiger charge is -2.29. The van der Waals surface area contributed by atoms with Crippen molar-refractivity contribution in [2.45, 2.75) is 66.2 Å². The van der Waals surface area contributed by atoms with Gasteiger partial charge in [0.25, 0.3) is 0 Å². The first-order valence-electron chi connectivity index (χ1n) is 11.1. The molecule has 0 amide bonds. The molecule has 0 saturated heterocycles. The van der Waals surface area contributed by atoms with Crippen LogP contribution in [0.25, 0.3) is 10.9 Å². The van der Waals surface area contributed by atoms with Crippen LogP contribution in [-0.2, 0) is 4.74 Å². The Morgan fingerprint density at radius 2 is 1.52 bits per heavy atom. The van der Waals surface area contributed by atoms with Gasteiger partial charge in [-0.15, -0.1) is 9.55 Å². The molecule has 0 N–H and O–H groups in total. The summed E-state index contributed by atoms with van der Waals surface area (Å²) in [5.41, 5.74) is 0.469. The van der Waals surface area contributed by atoms with E-state index in [0.717, 1.165) is 62.5 Å². The summed E-state index contributed by atoms with van der Waals surface area (Å²) in [6, 6.07) is 7.61. The van der Waals surface area contributed by atoms with E-state index in [1.165, 1.54) is 0 Å². The summed E-state index contributed by atoms with van der Waals surface area (Å²) in [5, 5.41) is 5.30. The zero-order valence-corrected chi connectivity index (χ0v) is 19.3. The monoisotopic (exact) mass is 419 g/mol. The molecular weight excluding hydrogens is 383 g/mol. The van der Waals surface area contributed by atoms with Crippen molar-refractivity contribution < 1.29 is 9.53 Å². The first-order chi connectivity index (χ1) is 14.0. The third-order valence-electron chi connectivity index (χ3n) is 5.43. The third kappa shape index (κ3) is 5.45. The molecule has 6 heteroatoms. The van der Waals surface area contributed by atoms with Crippen molar-refractivity contribution >= 4 is 24.3 Å². The van der Waals surface area contributed by atoms with Gasteiger partial charge >= 0.3 is 5.97 Å². The molecular formula is C23H36N2O3P+. The minimum atomic E-state index is -1.69. The van der Waals surface area contributed by atoms with Gasteiger partial charge < -0.3 is 4.74 Å². The second-order valence-corrected chi connectivity index (χ2v) is 11.5. The highest BCUT2D eigenvalue weighted by atomic mass is 31.2. The Morgan fingerprint density at radius 1 is 0.966 bits per heavy atom. The van der Waals surface area contributed by atoms with E-state index in [1.54, 1.807) is 6.92 Å². The van der Waals surface area contributed by atoms with Crippen LogP contribution >= 0.6 is 7.41 Å². The standard InChI is InChI=1S/C23H36N2O3P/c1-5-9-16-29(17-10-6-2,18-11-7-3)25-20-15-13-12-14-19(20)22(26)21(24-25)23(27)28-8-4/h12-15H,5-11,16-18H2,1-4H3/q+1. The molecule has 0 aliphatic heterocycles. The Labute approximate surface area is 175 Å². The molecule has 1 aromatic heterocycles. The fourth-order valence-electron chi connectivity index (χ4n) is 3.79. The van der Waals surface area contributed by atoms with Crippen LogP contribution in [0.15, 0.2) is 29.1 Å². The minimum Gasteiger partial charge on any atom is -0.461 e. The predicted molar refractivity (Wildman–Crippen MR) is 124 cm³/mol. The van der Waals surface area contributed by atoms with E-state index < -0.39 is 13.4 Å². The van der Waals surface area contributed by atoms with E-state index >= 15 is 0 Å². The minimum absolute atomic E-state index is 0.0700. The number of aromatic nitrogens is 2. The highest BCUT2D eigenvalue weighted by Gasteiger charge is 2.41. The summed E-state index contributed by atoms with van der Waals surface area (Å²) in [5.74, 6) is -0.614. The number of fused-ring (bicyclic) bond motifs is 1. The van der Waals surface area contributed by atoms with Gasteiger partial charge in [-0.2, -0.15) is 0 Å². The normalized spacial score (nSPS) is 11.7. The van der Waals surface area contributed by atoms with Gasteiger partial charge in [0.05, 0.1) is 30.5 Å². The van der Waals surface area contributed by atoms with Crippen LogP contribution in [0, 0.1) is 0 Å². The maximum atomic E-state index is 13.0. The second kappa shape index (κ2) is 11.4. The molecule has 0 spiro atoms. The predicted octanol–water partition coefficient (Wildman–Crippen LogP) is 5.75. The lowest BCUT2D eigenvalue weighted by atomic mass is 10.2. The van der Waals surface area contributed by atoms with E-state index in [-0.39, 0.29) is 17.7 Å². The van der Waals surface area contributed by atoms with Crippen molar-refractivity contribution in [1.29, 1.82) is 0 Å². The Hall–Kier alpha value is -1.74. The third-order valence-corrected chi connectivity index (χ3v) is 9.98. The number of hydrogen-bond acceptors (Lipinski definition) is 4. The highest BCUT2D eigenvalue weighted by Crippen LogP contribution is 2.62. The van der Waals surface area contributed by atoms with Crippen LogP contribution in [0.1, 0.15) is 76.7 Å². The highest BCUT2D eigenvalue weighted by molar-refractivity contribution is 7.74. The molecule has 160 valence electrons. The molecule has 0 saturated carbocycles. The lowest BCUT2D eigenvalue weighted by molar-refractivity contribution is 0.0516. The van der Waals surface area contributed by atoms with Crippen molar-refractivity contribution in [3.05, 3.63) is 40.2 Å². The lowest BCUT2D eigenvalue weighted by Crippen LogP contribution is -2.28. The van der Waals surface area contributed by atoms with Crippen molar-refractivity contribution in [2.24, 2.45) is 0 Å². The van der Waals surface area contributed by atoms with Gasteiger partial charge in [-0.25, -0.2) is 4.79 Å². The molecule has 0 atom stereocenters. The molecule has 1 heterocycles. The van der Waals surface area contributed by atoms with Crippen LogP contribution in [0.3, 0.4) is 0 Å². The summed E-state index contributed by atoms with van der Waals surface area (Å²) in [6.07, 6.45) is 10.1. The maximum Gasteiger partial charge on any atom is 0.363 e. The summed E-state index contributed by atoms with van der Waals surface area (Å²) in [7, 11) is -1.69. The molecule has 0 aliphatic carbocycles. The van der Waals surface area contributed by atoms with Crippen molar-refractivity contribution in [3.63, 3.8) is 0 Å². The topological polar surface area (TPSA) is 61.2 Å². The molecule has 29 heavy (non-hydrogen) atoms. The number of rotatable bonds is 12. The average molecular weight is 420 g/mol. The number of nitrogens with zero attached hydrogens (tertiary/aromatic N) is 2. The Morgan fingerprint density at radius 3 is 2.03 bits per heavy atom. The average Bonchev–Trinajstić information content (AvgIpc) is 2.74. The second-order valence-electron chi connectivity index (χ2n) is 7.63. The number of hydrogen-bond donors (Lipinski definition) is 0. The van der Waals surface area contributed by atoms with Gasteiger partial charge in [0.2, 0.25) is 11.1 Å². The molecule has 0 fully saturated rings. The number of unbranched alkanes of at least 4 members (excludes halogenated alkanes) is 3. The fraction of sp³-hybridized carbons (Fsp3) is 0.609. The molecule has 2 aromatic rings. The van der Waals surface area contributed by atoms with Crippen molar-refractivity contribution in [2.75, 3.05) is 25.1 Å². The summed E-state index contributed by atoms with van der Waals surface area (Å²) >= 11 is 0. The van der Waals surface area contributed by atoms with Crippen LogP contribution < -0.4 is 5.43 Å². The Bertz CT molecular complexity index is 841. The molecule has 0 unspecified atom stereocenters. The molecule has 0 bridgehead atoms. The molecule has 0 aliphatic rings. The van der Waals surface area contributed by atoms with Gasteiger partial charge in [0.1, 0.15) is 12.9 Å². The Kier molecular flexibility index (Phi) is 9.29. The summed E-state index contributed by atoms with van der Waals surface area (Å²) in [4.78, 5) is 25.5. The van der Waals surface area contributed by atoms with E-state index in [0.29, 0.717) is 5.39 Å². The largest absolute Gasteiger partial charge is 0.461 e. The zero-order valence-electron chi connectivity index (χ0n) is 18.4. The van der Waals surface area contributed by atoms with Crippen LogP contribution in [0.2, 0.25) is 0 Å². The van der Waals surface area contributed by atoms with Crippen LogP contribution in [-0.4, -0.2) is 40.6 Å². The molecule has 5 nitrogen and oxygen atoms in total. The van der Waals surface area contributed by atoms with Gasteiger partial charge in [-0.3, -0.25) is 4.79 Å². The first kappa shape index (κ1) is 23.5. The number of ether oxygens (including phenoxy) is 1. The fourth-order valence-corrected chi connectivity index (χ4v) is 8.66. The van der Waals surface area contributed by atoms with Crippen LogP contribution in [0.4, 0.5) is 0 Å². The quantitative estimate of drug-likeness (QED) is 0.324. The van der Waals surface area contributed by atoms with Gasteiger partial charge in [-0.05, 0) is 38.3 Å². The van der Waals surface area contributed by atoms with Gasteiger partial charge in [-0.1, -0.05) is 52.2 Å². The number of carbonyl (C=O) groups excluding carboxylic acids is 1. The summed E-state index contributed by atoms with van der Waals surface area (Å²) < 4.78 is 7.29. The van der Waals surface area contributed by atoms with Gasteiger partial charge in [0.15, 0.2) is 0 Å². The SMILES string of the molecule is CCCC[P+](CCCC)(CCCC)n1nc(C(=O)OCC)c(=O)c2ccccc21. The maximum absolute atomic E-state index is 13.0. The van der Waals surface area contributed by atoms with Crippen LogP contribution in [0.5, 0.6) is 0 Å². The molecule has 0 radical (unpaired) electrons. The van der Waals surface area contributed by atoms with Gasteiger partial charge in [0, 0.05) is 0 Å². The van der Waals surface area contributed by atoms with Crippen molar-refractivity contribution in [1.82, 2.24) is 9.55 Å². The number of carbonyl (C=O) groups is 1. The molecule has 2 rings (SSSR count). The number of benzene rings is 1. The summed E-state index contributed by atoms with van der Waals surface area (Å²) in [6.45, 7) is 8.63. The van der Waals surface area contributed by atoms with E-state index in [4.69, 9.17) is 9.84 Å². The van der Waals surface area contributed by atoms with E-state index in [1.807, 2.05) is 24.3 Å². The zero-order chi connectivity index (χ0) is 21.3. The van der Waals surface area contributed by atoms with E-state index in [9.17, 15) is 9.59 Å². The first-order valence-corrected chi connectivity index (χ1v) is 13.4. The smallest absolute Gasteiger partial charge is 0.363 e.